The third-order valence-corrected chi connectivity index (χ3v) is 4.12. The number of rotatable bonds is 2. The van der Waals surface area contributed by atoms with Gasteiger partial charge in [-0.15, -0.1) is 0 Å². The van der Waals surface area contributed by atoms with E-state index in [4.69, 9.17) is 5.11 Å². The van der Waals surface area contributed by atoms with Crippen molar-refractivity contribution in [3.05, 3.63) is 34.4 Å². The van der Waals surface area contributed by atoms with E-state index in [0.29, 0.717) is 11.6 Å². The predicted octanol–water partition coefficient (Wildman–Crippen LogP) is 3.83. The monoisotopic (exact) mass is 293 g/mol. The highest BCUT2D eigenvalue weighted by molar-refractivity contribution is 9.10. The Morgan fingerprint density at radius 3 is 2.76 bits per heavy atom. The largest absolute Gasteiger partial charge is 0.478 e. The molecule has 0 radical (unpaired) electrons. The first kappa shape index (κ1) is 10.8. The second-order valence-electron chi connectivity index (χ2n) is 4.47. The Kier molecular flexibility index (Phi) is 2.47. The summed E-state index contributed by atoms with van der Waals surface area (Å²) in [5.74, 6) is -0.867. The number of halogens is 1. The van der Waals surface area contributed by atoms with Crippen LogP contribution in [0.25, 0.3) is 10.9 Å². The average Bonchev–Trinajstić information content (AvgIpc) is 2.53. The standard InChI is InChI=1S/C13H12BrNO2/c14-12-7-10-9(13(16)17)5-2-6-11(10)15(12)8-3-1-4-8/h2,5-8H,1,3-4H2,(H,16,17). The molecule has 2 aromatic rings. The molecule has 1 fully saturated rings. The summed E-state index contributed by atoms with van der Waals surface area (Å²) in [7, 11) is 0. The van der Waals surface area contributed by atoms with Gasteiger partial charge in [0.15, 0.2) is 0 Å². The summed E-state index contributed by atoms with van der Waals surface area (Å²) in [5.41, 5.74) is 1.39. The molecule has 3 nitrogen and oxygen atoms in total. The van der Waals surface area contributed by atoms with E-state index in [1.165, 1.54) is 19.3 Å². The fourth-order valence-electron chi connectivity index (χ4n) is 2.42. The normalized spacial score (nSPS) is 16.1. The molecular weight excluding hydrogens is 282 g/mol. The van der Waals surface area contributed by atoms with Crippen LogP contribution in [-0.2, 0) is 0 Å². The summed E-state index contributed by atoms with van der Waals surface area (Å²) in [5, 5.41) is 9.99. The van der Waals surface area contributed by atoms with Crippen LogP contribution in [0.15, 0.2) is 28.9 Å². The minimum atomic E-state index is -0.867. The summed E-state index contributed by atoms with van der Waals surface area (Å²) in [4.78, 5) is 11.2. The molecular formula is C13H12BrNO2. The molecule has 88 valence electrons. The number of hydrogen-bond acceptors (Lipinski definition) is 1. The highest BCUT2D eigenvalue weighted by atomic mass is 79.9. The maximum Gasteiger partial charge on any atom is 0.336 e. The number of fused-ring (bicyclic) bond motifs is 1. The quantitative estimate of drug-likeness (QED) is 0.914. The van der Waals surface area contributed by atoms with Crippen LogP contribution in [-0.4, -0.2) is 15.6 Å². The van der Waals surface area contributed by atoms with Crippen molar-refractivity contribution in [2.24, 2.45) is 0 Å². The molecule has 4 heteroatoms. The summed E-state index contributed by atoms with van der Waals surface area (Å²) in [6.45, 7) is 0. The van der Waals surface area contributed by atoms with E-state index < -0.39 is 5.97 Å². The third kappa shape index (κ3) is 1.59. The Balaban J connectivity index is 2.26. The van der Waals surface area contributed by atoms with E-state index in [0.717, 1.165) is 15.5 Å². The first-order valence-electron chi connectivity index (χ1n) is 5.71. The summed E-state index contributed by atoms with van der Waals surface area (Å²) >= 11 is 3.54. The van der Waals surface area contributed by atoms with Crippen LogP contribution in [0.2, 0.25) is 0 Å². The van der Waals surface area contributed by atoms with Gasteiger partial charge in [-0.3, -0.25) is 0 Å². The van der Waals surface area contributed by atoms with Gasteiger partial charge < -0.3 is 9.67 Å². The molecule has 3 rings (SSSR count). The van der Waals surface area contributed by atoms with Crippen LogP contribution in [0, 0.1) is 0 Å². The molecule has 1 aliphatic carbocycles. The zero-order chi connectivity index (χ0) is 12.0. The van der Waals surface area contributed by atoms with Crippen molar-refractivity contribution < 1.29 is 9.90 Å². The highest BCUT2D eigenvalue weighted by Crippen LogP contribution is 2.39. The zero-order valence-electron chi connectivity index (χ0n) is 9.19. The van der Waals surface area contributed by atoms with Crippen molar-refractivity contribution >= 4 is 32.8 Å². The number of carbonyl (C=O) groups is 1. The number of nitrogens with zero attached hydrogens (tertiary/aromatic N) is 1. The molecule has 0 amide bonds. The molecule has 0 spiro atoms. The fourth-order valence-corrected chi connectivity index (χ4v) is 3.13. The molecule has 1 heterocycles. The van der Waals surface area contributed by atoms with Gasteiger partial charge in [0.2, 0.25) is 0 Å². The van der Waals surface area contributed by atoms with E-state index in [-0.39, 0.29) is 0 Å². The van der Waals surface area contributed by atoms with Gasteiger partial charge in [0.05, 0.1) is 15.7 Å². The Hall–Kier alpha value is -1.29. The smallest absolute Gasteiger partial charge is 0.336 e. The van der Waals surface area contributed by atoms with Gasteiger partial charge in [-0.1, -0.05) is 6.07 Å². The molecule has 1 saturated carbocycles. The van der Waals surface area contributed by atoms with Crippen molar-refractivity contribution in [3.63, 3.8) is 0 Å². The first-order chi connectivity index (χ1) is 8.18. The number of aromatic carboxylic acids is 1. The average molecular weight is 294 g/mol. The number of hydrogen-bond donors (Lipinski definition) is 1. The predicted molar refractivity (Wildman–Crippen MR) is 69.5 cm³/mol. The molecule has 1 N–H and O–H groups in total. The molecule has 0 saturated heterocycles. The minimum Gasteiger partial charge on any atom is -0.478 e. The Bertz CT molecular complexity index is 599. The van der Waals surface area contributed by atoms with Crippen molar-refractivity contribution in [1.82, 2.24) is 4.57 Å². The zero-order valence-corrected chi connectivity index (χ0v) is 10.8. The van der Waals surface area contributed by atoms with Crippen molar-refractivity contribution in [1.29, 1.82) is 0 Å². The van der Waals surface area contributed by atoms with Crippen molar-refractivity contribution in [2.45, 2.75) is 25.3 Å². The number of carboxylic acid groups (broad SMARTS) is 1. The van der Waals surface area contributed by atoms with Gasteiger partial charge in [-0.25, -0.2) is 4.79 Å². The van der Waals surface area contributed by atoms with E-state index in [2.05, 4.69) is 20.5 Å². The first-order valence-corrected chi connectivity index (χ1v) is 6.50. The molecule has 0 atom stereocenters. The molecule has 0 aliphatic heterocycles. The maximum absolute atomic E-state index is 11.2. The Morgan fingerprint density at radius 1 is 1.41 bits per heavy atom. The lowest BCUT2D eigenvalue weighted by atomic mass is 9.93. The lowest BCUT2D eigenvalue weighted by Gasteiger charge is -2.29. The summed E-state index contributed by atoms with van der Waals surface area (Å²) in [6.07, 6.45) is 3.62. The van der Waals surface area contributed by atoms with Crippen molar-refractivity contribution in [3.8, 4) is 0 Å². The Labute approximate surface area is 107 Å². The van der Waals surface area contributed by atoms with Gasteiger partial charge in [-0.2, -0.15) is 0 Å². The van der Waals surface area contributed by atoms with Gasteiger partial charge in [0.1, 0.15) is 0 Å². The summed E-state index contributed by atoms with van der Waals surface area (Å²) in [6, 6.07) is 7.89. The van der Waals surface area contributed by atoms with Gasteiger partial charge >= 0.3 is 5.97 Å². The SMILES string of the molecule is O=C(O)c1cccc2c1cc(Br)n2C1CCC1. The second-order valence-corrected chi connectivity index (χ2v) is 5.28. The van der Waals surface area contributed by atoms with E-state index in [1.807, 2.05) is 18.2 Å². The van der Waals surface area contributed by atoms with Crippen LogP contribution < -0.4 is 0 Å². The van der Waals surface area contributed by atoms with Crippen LogP contribution in [0.3, 0.4) is 0 Å². The number of carboxylic acids is 1. The highest BCUT2D eigenvalue weighted by Gasteiger charge is 2.24. The van der Waals surface area contributed by atoms with Gasteiger partial charge in [0.25, 0.3) is 0 Å². The summed E-state index contributed by atoms with van der Waals surface area (Å²) < 4.78 is 3.19. The fraction of sp³-hybridized carbons (Fsp3) is 0.308. The van der Waals surface area contributed by atoms with E-state index >= 15 is 0 Å². The van der Waals surface area contributed by atoms with E-state index in [1.54, 1.807) is 6.07 Å². The van der Waals surface area contributed by atoms with Gasteiger partial charge in [-0.05, 0) is 53.4 Å². The molecule has 1 aromatic heterocycles. The molecule has 1 aromatic carbocycles. The molecule has 1 aliphatic rings. The lowest BCUT2D eigenvalue weighted by molar-refractivity contribution is 0.0699. The second kappa shape index (κ2) is 3.88. The number of aromatic nitrogens is 1. The third-order valence-electron chi connectivity index (χ3n) is 3.51. The van der Waals surface area contributed by atoms with Crippen LogP contribution in [0.5, 0.6) is 0 Å². The topological polar surface area (TPSA) is 42.2 Å². The molecule has 0 bridgehead atoms. The van der Waals surface area contributed by atoms with Crippen LogP contribution in [0.1, 0.15) is 35.7 Å². The lowest BCUT2D eigenvalue weighted by Crippen LogP contribution is -2.16. The minimum absolute atomic E-state index is 0.376. The number of benzene rings is 1. The van der Waals surface area contributed by atoms with Crippen molar-refractivity contribution in [2.75, 3.05) is 0 Å². The van der Waals surface area contributed by atoms with Gasteiger partial charge in [0, 0.05) is 11.4 Å². The molecule has 17 heavy (non-hydrogen) atoms. The van der Waals surface area contributed by atoms with Crippen LogP contribution >= 0.6 is 15.9 Å². The molecule has 0 unspecified atom stereocenters. The Morgan fingerprint density at radius 2 is 2.18 bits per heavy atom. The van der Waals surface area contributed by atoms with Crippen LogP contribution in [0.4, 0.5) is 0 Å². The van der Waals surface area contributed by atoms with E-state index in [9.17, 15) is 4.79 Å². The maximum atomic E-state index is 11.2.